The standard InChI is InChI=1S/C20H22O5/c1-13(2)25-19-12-14(9-10-18(19)24-4)11-16(20(21)22)15-7-5-6-8-17(15)23-3/h5-13H,1-4H3,(H,21,22)/b16-11-. The monoisotopic (exact) mass is 342 g/mol. The third-order valence-electron chi connectivity index (χ3n) is 3.49. The number of ether oxygens (including phenoxy) is 3. The van der Waals surface area contributed by atoms with Crippen molar-refractivity contribution in [3.05, 3.63) is 53.6 Å². The Hall–Kier alpha value is -2.95. The van der Waals surface area contributed by atoms with E-state index in [4.69, 9.17) is 14.2 Å². The van der Waals surface area contributed by atoms with Gasteiger partial charge in [0.2, 0.25) is 0 Å². The van der Waals surface area contributed by atoms with Crippen LogP contribution in [0.5, 0.6) is 17.2 Å². The van der Waals surface area contributed by atoms with Crippen LogP contribution in [0.3, 0.4) is 0 Å². The van der Waals surface area contributed by atoms with Crippen LogP contribution in [-0.4, -0.2) is 31.4 Å². The van der Waals surface area contributed by atoms with Gasteiger partial charge in [-0.25, -0.2) is 4.79 Å². The quantitative estimate of drug-likeness (QED) is 0.606. The lowest BCUT2D eigenvalue weighted by atomic mass is 10.0. The van der Waals surface area contributed by atoms with E-state index < -0.39 is 5.97 Å². The summed E-state index contributed by atoms with van der Waals surface area (Å²) >= 11 is 0. The second-order valence-corrected chi connectivity index (χ2v) is 5.64. The summed E-state index contributed by atoms with van der Waals surface area (Å²) in [5.74, 6) is 0.631. The van der Waals surface area contributed by atoms with Crippen molar-refractivity contribution in [2.75, 3.05) is 14.2 Å². The lowest BCUT2D eigenvalue weighted by Crippen LogP contribution is -2.07. The Morgan fingerprint density at radius 3 is 2.28 bits per heavy atom. The predicted molar refractivity (Wildman–Crippen MR) is 97.3 cm³/mol. The lowest BCUT2D eigenvalue weighted by molar-refractivity contribution is -0.130. The maximum absolute atomic E-state index is 11.8. The molecule has 0 unspecified atom stereocenters. The van der Waals surface area contributed by atoms with Crippen molar-refractivity contribution in [1.29, 1.82) is 0 Å². The molecule has 5 nitrogen and oxygen atoms in total. The minimum Gasteiger partial charge on any atom is -0.496 e. The van der Waals surface area contributed by atoms with Crippen molar-refractivity contribution in [3.8, 4) is 17.2 Å². The van der Waals surface area contributed by atoms with Gasteiger partial charge in [-0.05, 0) is 43.7 Å². The molecule has 0 saturated heterocycles. The SMILES string of the molecule is COc1ccc(/C=C(\C(=O)O)c2ccccc2OC)cc1OC(C)C. The molecule has 0 radical (unpaired) electrons. The van der Waals surface area contributed by atoms with Crippen LogP contribution in [0.1, 0.15) is 25.0 Å². The highest BCUT2D eigenvalue weighted by molar-refractivity contribution is 6.21. The minimum atomic E-state index is -1.04. The lowest BCUT2D eigenvalue weighted by Gasteiger charge is -2.14. The molecule has 25 heavy (non-hydrogen) atoms. The van der Waals surface area contributed by atoms with Crippen LogP contribution < -0.4 is 14.2 Å². The Labute approximate surface area is 147 Å². The number of rotatable bonds is 7. The molecule has 0 saturated carbocycles. The highest BCUT2D eigenvalue weighted by Gasteiger charge is 2.16. The van der Waals surface area contributed by atoms with E-state index in [2.05, 4.69) is 0 Å². The second-order valence-electron chi connectivity index (χ2n) is 5.64. The van der Waals surface area contributed by atoms with Crippen LogP contribution in [0.4, 0.5) is 0 Å². The van der Waals surface area contributed by atoms with Crippen molar-refractivity contribution in [3.63, 3.8) is 0 Å². The van der Waals surface area contributed by atoms with E-state index in [1.807, 2.05) is 13.8 Å². The number of hydrogen-bond acceptors (Lipinski definition) is 4. The van der Waals surface area contributed by atoms with Gasteiger partial charge in [-0.15, -0.1) is 0 Å². The Morgan fingerprint density at radius 2 is 1.68 bits per heavy atom. The van der Waals surface area contributed by atoms with Crippen LogP contribution in [0.2, 0.25) is 0 Å². The first-order valence-corrected chi connectivity index (χ1v) is 7.89. The number of carboxylic acids is 1. The van der Waals surface area contributed by atoms with Gasteiger partial charge in [0.05, 0.1) is 25.9 Å². The Bertz CT molecular complexity index is 777. The summed E-state index contributed by atoms with van der Waals surface area (Å²) in [5, 5.41) is 9.64. The van der Waals surface area contributed by atoms with E-state index in [1.165, 1.54) is 7.11 Å². The fourth-order valence-corrected chi connectivity index (χ4v) is 2.42. The number of carboxylic acid groups (broad SMARTS) is 1. The predicted octanol–water partition coefficient (Wildman–Crippen LogP) is 4.12. The van der Waals surface area contributed by atoms with Crippen LogP contribution in [0.15, 0.2) is 42.5 Å². The third-order valence-corrected chi connectivity index (χ3v) is 3.49. The molecule has 0 aliphatic heterocycles. The number of benzene rings is 2. The Morgan fingerprint density at radius 1 is 1.00 bits per heavy atom. The number of carbonyl (C=O) groups is 1. The van der Waals surface area contributed by atoms with Crippen molar-refractivity contribution >= 4 is 17.6 Å². The van der Waals surface area contributed by atoms with Gasteiger partial charge in [0.25, 0.3) is 0 Å². The van der Waals surface area contributed by atoms with Gasteiger partial charge >= 0.3 is 5.97 Å². The maximum Gasteiger partial charge on any atom is 0.336 e. The first-order valence-electron chi connectivity index (χ1n) is 7.89. The van der Waals surface area contributed by atoms with E-state index in [-0.39, 0.29) is 11.7 Å². The zero-order chi connectivity index (χ0) is 18.4. The largest absolute Gasteiger partial charge is 0.496 e. The first-order chi connectivity index (χ1) is 12.0. The fraction of sp³-hybridized carbons (Fsp3) is 0.250. The number of para-hydroxylation sites is 1. The summed E-state index contributed by atoms with van der Waals surface area (Å²) in [6.45, 7) is 3.83. The number of hydrogen-bond donors (Lipinski definition) is 1. The molecule has 0 fully saturated rings. The average molecular weight is 342 g/mol. The van der Waals surface area contributed by atoms with Crippen LogP contribution in [0.25, 0.3) is 11.6 Å². The molecule has 132 valence electrons. The molecule has 0 spiro atoms. The summed E-state index contributed by atoms with van der Waals surface area (Å²) in [6.07, 6.45) is 1.56. The van der Waals surface area contributed by atoms with Crippen LogP contribution in [-0.2, 0) is 4.79 Å². The smallest absolute Gasteiger partial charge is 0.336 e. The highest BCUT2D eigenvalue weighted by Crippen LogP contribution is 2.32. The molecule has 2 rings (SSSR count). The van der Waals surface area contributed by atoms with Gasteiger partial charge in [0.15, 0.2) is 11.5 Å². The minimum absolute atomic E-state index is 0.0266. The number of aliphatic carboxylic acids is 1. The highest BCUT2D eigenvalue weighted by atomic mass is 16.5. The molecular formula is C20H22O5. The van der Waals surface area contributed by atoms with Crippen LogP contribution in [0, 0.1) is 0 Å². The summed E-state index contributed by atoms with van der Waals surface area (Å²) in [4.78, 5) is 11.8. The summed E-state index contributed by atoms with van der Waals surface area (Å²) in [7, 11) is 3.08. The van der Waals surface area contributed by atoms with Gasteiger partial charge in [-0.3, -0.25) is 0 Å². The third kappa shape index (κ3) is 4.53. The molecule has 0 heterocycles. The Kier molecular flexibility index (Phi) is 6.06. The van der Waals surface area contributed by atoms with E-state index in [0.29, 0.717) is 28.4 Å². The summed E-state index contributed by atoms with van der Waals surface area (Å²) in [5.41, 5.74) is 1.34. The normalized spacial score (nSPS) is 11.3. The van der Waals surface area contributed by atoms with Crippen molar-refractivity contribution in [1.82, 2.24) is 0 Å². The zero-order valence-corrected chi connectivity index (χ0v) is 14.8. The van der Waals surface area contributed by atoms with Crippen LogP contribution >= 0.6 is 0 Å². The van der Waals surface area contributed by atoms with Gasteiger partial charge in [0.1, 0.15) is 5.75 Å². The molecule has 0 bridgehead atoms. The molecule has 0 aliphatic carbocycles. The second kappa shape index (κ2) is 8.24. The molecular weight excluding hydrogens is 320 g/mol. The molecule has 1 N–H and O–H groups in total. The molecule has 0 aliphatic rings. The molecule has 2 aromatic rings. The van der Waals surface area contributed by atoms with Crippen molar-refractivity contribution in [2.24, 2.45) is 0 Å². The number of methoxy groups -OCH3 is 2. The van der Waals surface area contributed by atoms with E-state index in [9.17, 15) is 9.90 Å². The average Bonchev–Trinajstić information content (AvgIpc) is 2.59. The van der Waals surface area contributed by atoms with Gasteiger partial charge in [-0.1, -0.05) is 24.3 Å². The molecule has 0 atom stereocenters. The van der Waals surface area contributed by atoms with E-state index >= 15 is 0 Å². The van der Waals surface area contributed by atoms with Crippen molar-refractivity contribution < 1.29 is 24.1 Å². The summed E-state index contributed by atoms with van der Waals surface area (Å²) < 4.78 is 16.3. The zero-order valence-electron chi connectivity index (χ0n) is 14.8. The van der Waals surface area contributed by atoms with E-state index in [1.54, 1.807) is 55.7 Å². The van der Waals surface area contributed by atoms with Gasteiger partial charge < -0.3 is 19.3 Å². The molecule has 0 amide bonds. The topological polar surface area (TPSA) is 65.0 Å². The van der Waals surface area contributed by atoms with Crippen molar-refractivity contribution in [2.45, 2.75) is 20.0 Å². The van der Waals surface area contributed by atoms with Gasteiger partial charge in [-0.2, -0.15) is 0 Å². The summed E-state index contributed by atoms with van der Waals surface area (Å²) in [6, 6.07) is 12.3. The molecule has 0 aromatic heterocycles. The maximum atomic E-state index is 11.8. The first kappa shape index (κ1) is 18.4. The molecule has 2 aromatic carbocycles. The van der Waals surface area contributed by atoms with E-state index in [0.717, 1.165) is 0 Å². The Balaban J connectivity index is 2.52. The fourth-order valence-electron chi connectivity index (χ4n) is 2.42. The van der Waals surface area contributed by atoms with Gasteiger partial charge in [0, 0.05) is 5.56 Å². The molecule has 5 heteroatoms.